The van der Waals surface area contributed by atoms with E-state index in [1.807, 2.05) is 25.1 Å². The first-order chi connectivity index (χ1) is 10.2. The van der Waals surface area contributed by atoms with Gasteiger partial charge in [-0.25, -0.2) is 0 Å². The van der Waals surface area contributed by atoms with Crippen molar-refractivity contribution in [2.24, 2.45) is 0 Å². The maximum absolute atomic E-state index is 12.6. The Bertz CT molecular complexity index is 652. The smallest absolute Gasteiger partial charge is 0.203 e. The van der Waals surface area contributed by atoms with Crippen molar-refractivity contribution in [3.8, 4) is 5.75 Å². The molecule has 0 radical (unpaired) electrons. The van der Waals surface area contributed by atoms with E-state index in [9.17, 15) is 4.79 Å². The third-order valence-corrected chi connectivity index (χ3v) is 5.57. The van der Waals surface area contributed by atoms with Crippen molar-refractivity contribution >= 4 is 33.0 Å². The number of carbonyl (C=O) groups excluding carboxylic acids is 1. The van der Waals surface area contributed by atoms with Gasteiger partial charge in [0.05, 0.1) is 16.0 Å². The van der Waals surface area contributed by atoms with E-state index in [1.165, 1.54) is 23.3 Å². The van der Waals surface area contributed by atoms with Gasteiger partial charge in [-0.1, -0.05) is 0 Å². The molecule has 0 saturated heterocycles. The maximum atomic E-state index is 12.6. The van der Waals surface area contributed by atoms with Crippen LogP contribution in [0.4, 0.5) is 0 Å². The second kappa shape index (κ2) is 6.32. The van der Waals surface area contributed by atoms with Crippen LogP contribution >= 0.6 is 27.3 Å². The molecular formula is C17H17BrO2S. The van der Waals surface area contributed by atoms with Gasteiger partial charge < -0.3 is 4.74 Å². The van der Waals surface area contributed by atoms with E-state index in [-0.39, 0.29) is 5.78 Å². The lowest BCUT2D eigenvalue weighted by atomic mass is 9.98. The van der Waals surface area contributed by atoms with Crippen LogP contribution in [0.5, 0.6) is 5.75 Å². The minimum Gasteiger partial charge on any atom is -0.493 e. The summed E-state index contributed by atoms with van der Waals surface area (Å²) in [7, 11) is 0. The third kappa shape index (κ3) is 3.06. The lowest BCUT2D eigenvalue weighted by Crippen LogP contribution is -2.00. The Morgan fingerprint density at radius 2 is 2.10 bits per heavy atom. The second-order valence-electron chi connectivity index (χ2n) is 5.17. The fourth-order valence-corrected chi connectivity index (χ4v) is 4.37. The molecule has 2 nitrogen and oxygen atoms in total. The summed E-state index contributed by atoms with van der Waals surface area (Å²) in [6.07, 6.45) is 4.73. The van der Waals surface area contributed by atoms with Gasteiger partial charge in [-0.15, -0.1) is 11.3 Å². The molecular weight excluding hydrogens is 348 g/mol. The Morgan fingerprint density at radius 3 is 2.81 bits per heavy atom. The molecule has 1 aromatic heterocycles. The molecule has 0 spiro atoms. The Kier molecular flexibility index (Phi) is 4.45. The summed E-state index contributed by atoms with van der Waals surface area (Å²) in [6, 6.07) is 7.64. The summed E-state index contributed by atoms with van der Waals surface area (Å²) in [5.41, 5.74) is 2.09. The zero-order valence-electron chi connectivity index (χ0n) is 11.9. The van der Waals surface area contributed by atoms with Gasteiger partial charge in [0, 0.05) is 10.4 Å². The van der Waals surface area contributed by atoms with Gasteiger partial charge in [0.1, 0.15) is 5.75 Å². The van der Waals surface area contributed by atoms with Crippen molar-refractivity contribution in [2.75, 3.05) is 6.61 Å². The van der Waals surface area contributed by atoms with Crippen LogP contribution < -0.4 is 4.74 Å². The average molecular weight is 365 g/mol. The molecule has 0 amide bonds. The van der Waals surface area contributed by atoms with Gasteiger partial charge >= 0.3 is 0 Å². The monoisotopic (exact) mass is 364 g/mol. The number of aryl methyl sites for hydroxylation is 2. The highest BCUT2D eigenvalue weighted by Gasteiger charge is 2.19. The first kappa shape index (κ1) is 14.8. The Morgan fingerprint density at radius 1 is 1.29 bits per heavy atom. The molecule has 0 aliphatic heterocycles. The quantitative estimate of drug-likeness (QED) is 0.712. The van der Waals surface area contributed by atoms with Gasteiger partial charge in [0.25, 0.3) is 0 Å². The molecule has 1 heterocycles. The van der Waals surface area contributed by atoms with Gasteiger partial charge in [-0.2, -0.15) is 0 Å². The Hall–Kier alpha value is -1.13. The van der Waals surface area contributed by atoms with Crippen molar-refractivity contribution in [2.45, 2.75) is 32.6 Å². The van der Waals surface area contributed by atoms with Gasteiger partial charge in [0.2, 0.25) is 5.78 Å². The van der Waals surface area contributed by atoms with Crippen LogP contribution in [0.1, 0.15) is 45.4 Å². The molecule has 0 fully saturated rings. The predicted molar refractivity (Wildman–Crippen MR) is 89.7 cm³/mol. The van der Waals surface area contributed by atoms with Crippen LogP contribution in [0.15, 0.2) is 28.7 Å². The number of hydrogen-bond acceptors (Lipinski definition) is 3. The van der Waals surface area contributed by atoms with Crippen LogP contribution in [-0.4, -0.2) is 12.4 Å². The molecule has 0 bridgehead atoms. The van der Waals surface area contributed by atoms with Crippen molar-refractivity contribution in [3.63, 3.8) is 0 Å². The highest BCUT2D eigenvalue weighted by atomic mass is 79.9. The predicted octanol–water partition coefficient (Wildman–Crippen LogP) is 5.02. The minimum atomic E-state index is 0.109. The molecule has 4 heteroatoms. The molecule has 0 N–H and O–H groups in total. The van der Waals surface area contributed by atoms with Gasteiger partial charge in [-0.05, 0) is 78.4 Å². The van der Waals surface area contributed by atoms with Crippen LogP contribution in [0.3, 0.4) is 0 Å². The van der Waals surface area contributed by atoms with Crippen molar-refractivity contribution < 1.29 is 9.53 Å². The lowest BCUT2D eigenvalue weighted by molar-refractivity contribution is 0.104. The summed E-state index contributed by atoms with van der Waals surface area (Å²) >= 11 is 5.13. The third-order valence-electron chi connectivity index (χ3n) is 3.71. The summed E-state index contributed by atoms with van der Waals surface area (Å²) in [6.45, 7) is 2.56. The Labute approximate surface area is 137 Å². The summed E-state index contributed by atoms with van der Waals surface area (Å²) < 4.78 is 6.32. The Balaban J connectivity index is 1.88. The number of rotatable bonds is 4. The first-order valence-electron chi connectivity index (χ1n) is 7.27. The number of benzene rings is 1. The standard InChI is InChI=1S/C17H17BrO2S/c1-2-20-14-8-7-12(9-13(14)18)17(19)16-10-11-5-3-4-6-15(11)21-16/h7-10H,2-6H2,1H3. The molecule has 3 rings (SSSR count). The molecule has 110 valence electrons. The number of carbonyl (C=O) groups is 1. The summed E-state index contributed by atoms with van der Waals surface area (Å²) in [4.78, 5) is 14.9. The van der Waals surface area contributed by atoms with Crippen LogP contribution in [-0.2, 0) is 12.8 Å². The minimum absolute atomic E-state index is 0.109. The van der Waals surface area contributed by atoms with E-state index in [4.69, 9.17) is 4.74 Å². The fraction of sp³-hybridized carbons (Fsp3) is 0.353. The zero-order chi connectivity index (χ0) is 14.8. The highest BCUT2D eigenvalue weighted by Crippen LogP contribution is 2.32. The summed E-state index contributed by atoms with van der Waals surface area (Å²) in [5.74, 6) is 0.887. The summed E-state index contributed by atoms with van der Waals surface area (Å²) in [5, 5.41) is 0. The van der Waals surface area contributed by atoms with E-state index >= 15 is 0 Å². The van der Waals surface area contributed by atoms with E-state index in [2.05, 4.69) is 22.0 Å². The van der Waals surface area contributed by atoms with E-state index in [1.54, 1.807) is 11.3 Å². The number of thiophene rings is 1. The van der Waals surface area contributed by atoms with Crippen molar-refractivity contribution in [1.29, 1.82) is 0 Å². The fourth-order valence-electron chi connectivity index (χ4n) is 2.66. The maximum Gasteiger partial charge on any atom is 0.203 e. The average Bonchev–Trinajstić information content (AvgIpc) is 2.92. The largest absolute Gasteiger partial charge is 0.493 e. The lowest BCUT2D eigenvalue weighted by Gasteiger charge is -2.08. The molecule has 0 saturated carbocycles. The molecule has 1 aromatic carbocycles. The van der Waals surface area contributed by atoms with E-state index in [0.717, 1.165) is 27.9 Å². The van der Waals surface area contributed by atoms with Crippen molar-refractivity contribution in [1.82, 2.24) is 0 Å². The van der Waals surface area contributed by atoms with Crippen molar-refractivity contribution in [3.05, 3.63) is 49.6 Å². The zero-order valence-corrected chi connectivity index (χ0v) is 14.4. The molecule has 0 atom stereocenters. The molecule has 21 heavy (non-hydrogen) atoms. The van der Waals surface area contributed by atoms with Crippen LogP contribution in [0.2, 0.25) is 0 Å². The van der Waals surface area contributed by atoms with E-state index < -0.39 is 0 Å². The number of ether oxygens (including phenoxy) is 1. The molecule has 1 aliphatic rings. The molecule has 2 aromatic rings. The van der Waals surface area contributed by atoms with Crippen LogP contribution in [0, 0.1) is 0 Å². The highest BCUT2D eigenvalue weighted by molar-refractivity contribution is 9.10. The number of fused-ring (bicyclic) bond motifs is 1. The topological polar surface area (TPSA) is 26.3 Å². The normalized spacial score (nSPS) is 13.8. The molecule has 0 unspecified atom stereocenters. The van der Waals surface area contributed by atoms with Gasteiger partial charge in [-0.3, -0.25) is 4.79 Å². The number of ketones is 1. The number of hydrogen-bond donors (Lipinski definition) is 0. The van der Waals surface area contributed by atoms with Crippen LogP contribution in [0.25, 0.3) is 0 Å². The second-order valence-corrected chi connectivity index (χ2v) is 7.16. The SMILES string of the molecule is CCOc1ccc(C(=O)c2cc3c(s2)CCCC3)cc1Br. The molecule has 1 aliphatic carbocycles. The number of halogens is 1. The van der Waals surface area contributed by atoms with E-state index in [0.29, 0.717) is 12.2 Å². The van der Waals surface area contributed by atoms with Gasteiger partial charge in [0.15, 0.2) is 0 Å². The first-order valence-corrected chi connectivity index (χ1v) is 8.88.